The summed E-state index contributed by atoms with van der Waals surface area (Å²) >= 11 is 0. The second kappa shape index (κ2) is 7.04. The molecule has 1 aliphatic heterocycles. The van der Waals surface area contributed by atoms with Crippen LogP contribution in [0.5, 0.6) is 0 Å². The molecule has 0 saturated carbocycles. The minimum absolute atomic E-state index is 0.157. The fourth-order valence-electron chi connectivity index (χ4n) is 3.33. The van der Waals surface area contributed by atoms with Crippen molar-refractivity contribution in [2.45, 2.75) is 38.3 Å². The molecule has 0 unspecified atom stereocenters. The number of nitrogens with zero attached hydrogens (tertiary/aromatic N) is 2. The second-order valence-electron chi connectivity index (χ2n) is 6.63. The third-order valence-electron chi connectivity index (χ3n) is 4.65. The van der Waals surface area contributed by atoms with E-state index in [-0.39, 0.29) is 29.5 Å². The number of halogens is 1. The summed E-state index contributed by atoms with van der Waals surface area (Å²) in [5.74, 6) is -0.261. The van der Waals surface area contributed by atoms with Gasteiger partial charge in [0.25, 0.3) is 5.56 Å². The summed E-state index contributed by atoms with van der Waals surface area (Å²) in [6, 6.07) is 9.22. The summed E-state index contributed by atoms with van der Waals surface area (Å²) in [5.41, 5.74) is 1.01. The molecule has 2 heterocycles. The largest absolute Gasteiger partial charge is 0.332 e. The average Bonchev–Trinajstić information content (AvgIpc) is 2.97. The van der Waals surface area contributed by atoms with Crippen LogP contribution in [0.15, 0.2) is 41.2 Å². The van der Waals surface area contributed by atoms with Gasteiger partial charge >= 0.3 is 6.03 Å². The Morgan fingerprint density at radius 1 is 1.32 bits per heavy atom. The van der Waals surface area contributed by atoms with Crippen LogP contribution >= 0.6 is 0 Å². The molecular weight excluding hydrogens is 323 g/mol. The van der Waals surface area contributed by atoms with Crippen LogP contribution in [0.4, 0.5) is 9.18 Å². The SMILES string of the molecule is C[C@@]1(Cc2ccc(F)cc2)CCCN1C(=O)NCc1ccc(=O)[nH]n1. The molecule has 2 aromatic rings. The smallest absolute Gasteiger partial charge is 0.318 e. The first-order chi connectivity index (χ1) is 12.0. The Bertz CT molecular complexity index is 785. The molecule has 1 aliphatic rings. The number of H-pyrrole nitrogens is 1. The number of nitrogens with one attached hydrogen (secondary N) is 2. The Balaban J connectivity index is 1.65. The van der Waals surface area contributed by atoms with Crippen LogP contribution in [0, 0.1) is 5.82 Å². The quantitative estimate of drug-likeness (QED) is 0.893. The molecule has 1 aromatic heterocycles. The van der Waals surface area contributed by atoms with Gasteiger partial charge in [-0.1, -0.05) is 12.1 Å². The summed E-state index contributed by atoms with van der Waals surface area (Å²) in [7, 11) is 0. The average molecular weight is 344 g/mol. The maximum absolute atomic E-state index is 13.1. The second-order valence-corrected chi connectivity index (χ2v) is 6.63. The third kappa shape index (κ3) is 4.04. The van der Waals surface area contributed by atoms with Crippen LogP contribution in [-0.2, 0) is 13.0 Å². The molecule has 1 fully saturated rings. The molecule has 132 valence electrons. The Morgan fingerprint density at radius 3 is 2.76 bits per heavy atom. The van der Waals surface area contributed by atoms with Gasteiger partial charge in [-0.2, -0.15) is 5.10 Å². The van der Waals surface area contributed by atoms with E-state index in [1.807, 2.05) is 4.90 Å². The van der Waals surface area contributed by atoms with Gasteiger partial charge in [0.05, 0.1) is 12.2 Å². The van der Waals surface area contributed by atoms with Crippen molar-refractivity contribution in [2.75, 3.05) is 6.54 Å². The Hall–Kier alpha value is -2.70. The minimum atomic E-state index is -0.305. The monoisotopic (exact) mass is 344 g/mol. The number of carbonyl (C=O) groups excluding carboxylic acids is 1. The number of likely N-dealkylation sites (tertiary alicyclic amines) is 1. The highest BCUT2D eigenvalue weighted by Gasteiger charge is 2.39. The minimum Gasteiger partial charge on any atom is -0.332 e. The lowest BCUT2D eigenvalue weighted by molar-refractivity contribution is 0.155. The summed E-state index contributed by atoms with van der Waals surface area (Å²) in [6.07, 6.45) is 2.51. The Kier molecular flexibility index (Phi) is 4.83. The van der Waals surface area contributed by atoms with Crippen molar-refractivity contribution in [3.63, 3.8) is 0 Å². The molecule has 0 aliphatic carbocycles. The van der Waals surface area contributed by atoms with Crippen molar-refractivity contribution in [1.29, 1.82) is 0 Å². The topological polar surface area (TPSA) is 78.1 Å². The van der Waals surface area contributed by atoms with Crippen LogP contribution in [0.1, 0.15) is 31.0 Å². The molecule has 2 amide bonds. The number of hydrogen-bond acceptors (Lipinski definition) is 3. The first-order valence-corrected chi connectivity index (χ1v) is 8.31. The number of aromatic amines is 1. The van der Waals surface area contributed by atoms with Crippen molar-refractivity contribution in [2.24, 2.45) is 0 Å². The van der Waals surface area contributed by atoms with Crippen molar-refractivity contribution in [3.05, 3.63) is 63.8 Å². The number of carbonyl (C=O) groups is 1. The number of aromatic nitrogens is 2. The molecule has 3 rings (SSSR count). The van der Waals surface area contributed by atoms with Crippen molar-refractivity contribution in [1.82, 2.24) is 20.4 Å². The fourth-order valence-corrected chi connectivity index (χ4v) is 3.33. The number of hydrogen-bond donors (Lipinski definition) is 2. The molecule has 1 saturated heterocycles. The number of rotatable bonds is 4. The van der Waals surface area contributed by atoms with E-state index in [1.54, 1.807) is 18.2 Å². The highest BCUT2D eigenvalue weighted by Crippen LogP contribution is 2.32. The van der Waals surface area contributed by atoms with Crippen molar-refractivity contribution >= 4 is 6.03 Å². The predicted octanol–water partition coefficient (Wildman–Crippen LogP) is 2.22. The lowest BCUT2D eigenvalue weighted by atomic mass is 9.90. The molecule has 0 bridgehead atoms. The van der Waals surface area contributed by atoms with E-state index < -0.39 is 0 Å². The number of amides is 2. The van der Waals surface area contributed by atoms with Gasteiger partial charge in [-0.25, -0.2) is 14.3 Å². The van der Waals surface area contributed by atoms with Gasteiger partial charge in [0.15, 0.2) is 0 Å². The molecule has 6 nitrogen and oxygen atoms in total. The van der Waals surface area contributed by atoms with Gasteiger partial charge in [0.2, 0.25) is 0 Å². The highest BCUT2D eigenvalue weighted by molar-refractivity contribution is 5.75. The zero-order chi connectivity index (χ0) is 17.9. The van der Waals surface area contributed by atoms with Crippen LogP contribution in [-0.4, -0.2) is 33.2 Å². The first kappa shape index (κ1) is 17.1. The zero-order valence-corrected chi connectivity index (χ0v) is 14.1. The molecule has 0 spiro atoms. The molecule has 25 heavy (non-hydrogen) atoms. The van der Waals surface area contributed by atoms with E-state index in [2.05, 4.69) is 22.4 Å². The van der Waals surface area contributed by atoms with Crippen LogP contribution in [0.2, 0.25) is 0 Å². The Labute approximate surface area is 145 Å². The van der Waals surface area contributed by atoms with Gasteiger partial charge < -0.3 is 10.2 Å². The van der Waals surface area contributed by atoms with E-state index >= 15 is 0 Å². The van der Waals surface area contributed by atoms with Crippen LogP contribution < -0.4 is 10.9 Å². The normalized spacial score (nSPS) is 19.8. The van der Waals surface area contributed by atoms with Gasteiger partial charge in [-0.05, 0) is 49.9 Å². The van der Waals surface area contributed by atoms with E-state index in [9.17, 15) is 14.0 Å². The summed E-state index contributed by atoms with van der Waals surface area (Å²) in [4.78, 5) is 25.4. The number of benzene rings is 1. The van der Waals surface area contributed by atoms with E-state index in [0.29, 0.717) is 18.7 Å². The fraction of sp³-hybridized carbons (Fsp3) is 0.389. The van der Waals surface area contributed by atoms with E-state index in [0.717, 1.165) is 18.4 Å². The number of urea groups is 1. The standard InChI is InChI=1S/C18H21FN4O2/c1-18(11-13-3-5-14(19)6-4-13)9-2-10-23(18)17(25)20-12-15-7-8-16(24)22-21-15/h3-8H,2,9-12H2,1H3,(H,20,25)(H,22,24)/t18-/m0/s1. The summed E-state index contributed by atoms with van der Waals surface area (Å²) in [5, 5.41) is 9.08. The lowest BCUT2D eigenvalue weighted by Crippen LogP contribution is -2.50. The predicted molar refractivity (Wildman–Crippen MR) is 91.5 cm³/mol. The highest BCUT2D eigenvalue weighted by atomic mass is 19.1. The lowest BCUT2D eigenvalue weighted by Gasteiger charge is -2.35. The van der Waals surface area contributed by atoms with Gasteiger partial charge in [-0.3, -0.25) is 4.79 Å². The van der Waals surface area contributed by atoms with Gasteiger partial charge in [0, 0.05) is 18.2 Å². The van der Waals surface area contributed by atoms with Crippen LogP contribution in [0.25, 0.3) is 0 Å². The Morgan fingerprint density at radius 2 is 2.08 bits per heavy atom. The third-order valence-corrected chi connectivity index (χ3v) is 4.65. The molecule has 0 radical (unpaired) electrons. The van der Waals surface area contributed by atoms with E-state index in [1.165, 1.54) is 18.2 Å². The molecule has 1 aromatic carbocycles. The maximum atomic E-state index is 13.1. The van der Waals surface area contributed by atoms with Gasteiger partial charge in [-0.15, -0.1) is 0 Å². The maximum Gasteiger partial charge on any atom is 0.318 e. The summed E-state index contributed by atoms with van der Waals surface area (Å²) in [6.45, 7) is 2.99. The van der Waals surface area contributed by atoms with Crippen molar-refractivity contribution < 1.29 is 9.18 Å². The zero-order valence-electron chi connectivity index (χ0n) is 14.1. The van der Waals surface area contributed by atoms with Crippen molar-refractivity contribution in [3.8, 4) is 0 Å². The molecule has 7 heteroatoms. The van der Waals surface area contributed by atoms with Gasteiger partial charge in [0.1, 0.15) is 5.82 Å². The van der Waals surface area contributed by atoms with E-state index in [4.69, 9.17) is 0 Å². The molecular formula is C18H21FN4O2. The summed E-state index contributed by atoms with van der Waals surface area (Å²) < 4.78 is 13.1. The first-order valence-electron chi connectivity index (χ1n) is 8.31. The molecule has 1 atom stereocenters. The van der Waals surface area contributed by atoms with Crippen LogP contribution in [0.3, 0.4) is 0 Å². The molecule has 2 N–H and O–H groups in total.